The number of aromatic nitrogens is 4. The van der Waals surface area contributed by atoms with Crippen LogP contribution in [-0.4, -0.2) is 25.1 Å². The van der Waals surface area contributed by atoms with Crippen LogP contribution in [0.15, 0.2) is 71.7 Å². The zero-order valence-corrected chi connectivity index (χ0v) is 19.7. The monoisotopic (exact) mass is 471 g/mol. The minimum absolute atomic E-state index is 0.241. The van der Waals surface area contributed by atoms with Crippen molar-refractivity contribution >= 4 is 33.9 Å². The Kier molecular flexibility index (Phi) is 5.42. The van der Waals surface area contributed by atoms with E-state index >= 15 is 0 Å². The summed E-state index contributed by atoms with van der Waals surface area (Å²) in [6.45, 7) is 5.54. The minimum atomic E-state index is -0.497. The molecule has 0 fully saturated rings. The average molecular weight is 472 g/mol. The van der Waals surface area contributed by atoms with Crippen molar-refractivity contribution in [1.29, 1.82) is 0 Å². The Hall–Kier alpha value is -3.97. The van der Waals surface area contributed by atoms with Crippen LogP contribution < -0.4 is 10.9 Å². The van der Waals surface area contributed by atoms with Gasteiger partial charge in [-0.1, -0.05) is 41.9 Å². The van der Waals surface area contributed by atoms with Gasteiger partial charge in [-0.3, -0.25) is 14.2 Å². The molecule has 170 valence electrons. The van der Waals surface area contributed by atoms with Gasteiger partial charge in [0.05, 0.1) is 22.1 Å². The first kappa shape index (κ1) is 21.9. The second-order valence-electron chi connectivity index (χ2n) is 8.23. The first-order valence-electron chi connectivity index (χ1n) is 10.9. The average Bonchev–Trinajstić information content (AvgIpc) is 3.16. The molecule has 5 rings (SSSR count). The van der Waals surface area contributed by atoms with E-state index in [0.29, 0.717) is 44.1 Å². The maximum absolute atomic E-state index is 13.6. The topological polar surface area (TPSA) is 81.3 Å². The maximum Gasteiger partial charge on any atom is 0.264 e. The lowest BCUT2D eigenvalue weighted by molar-refractivity contribution is 0.0939. The van der Waals surface area contributed by atoms with Gasteiger partial charge >= 0.3 is 0 Å². The van der Waals surface area contributed by atoms with E-state index in [9.17, 15) is 9.59 Å². The van der Waals surface area contributed by atoms with E-state index in [2.05, 4.69) is 15.4 Å². The number of rotatable bonds is 4. The Morgan fingerprint density at radius 3 is 2.59 bits per heavy atom. The van der Waals surface area contributed by atoms with Gasteiger partial charge in [-0.25, -0.2) is 9.50 Å². The van der Waals surface area contributed by atoms with Crippen LogP contribution in [0.4, 0.5) is 0 Å². The summed E-state index contributed by atoms with van der Waals surface area (Å²) in [5.74, 6) is -0.309. The summed E-state index contributed by atoms with van der Waals surface area (Å²) in [7, 11) is 0. The number of nitrogens with zero attached hydrogens (tertiary/aromatic N) is 4. The molecule has 0 aliphatic rings. The molecular formula is C26H22ClN5O2. The number of nitrogens with one attached hydrogen (secondary N) is 1. The number of pyridine rings is 1. The second-order valence-corrected chi connectivity index (χ2v) is 8.63. The van der Waals surface area contributed by atoms with Crippen LogP contribution in [0.5, 0.6) is 0 Å². The molecule has 0 unspecified atom stereocenters. The fraction of sp³-hybridized carbons (Fsp3) is 0.154. The molecule has 0 bridgehead atoms. The smallest absolute Gasteiger partial charge is 0.264 e. The van der Waals surface area contributed by atoms with Crippen molar-refractivity contribution in [3.63, 3.8) is 0 Å². The van der Waals surface area contributed by atoms with Gasteiger partial charge in [0.15, 0.2) is 5.65 Å². The number of carbonyl (C=O) groups excluding carboxylic acids is 1. The van der Waals surface area contributed by atoms with Gasteiger partial charge in [-0.2, -0.15) is 5.10 Å². The number of aryl methyl sites for hydroxylation is 2. The van der Waals surface area contributed by atoms with Crippen molar-refractivity contribution in [2.75, 3.05) is 0 Å². The summed E-state index contributed by atoms with van der Waals surface area (Å²) in [4.78, 5) is 31.3. The van der Waals surface area contributed by atoms with E-state index < -0.39 is 6.04 Å². The van der Waals surface area contributed by atoms with Crippen LogP contribution in [0.2, 0.25) is 5.02 Å². The molecule has 0 aliphatic heterocycles. The standard InChI is InChI=1S/C26H22ClN5O2/c1-15-12-13-28-24-22(17(3)30-32(15)24)25(33)29-16(2)21-14-18-8-7-11-20(27)23(18)26(34)31(21)19-9-5-4-6-10-19/h4-14,16H,1-3H3,(H,29,33)/t16-/m0/s1. The van der Waals surface area contributed by atoms with Gasteiger partial charge in [-0.15, -0.1) is 0 Å². The molecule has 0 saturated heterocycles. The van der Waals surface area contributed by atoms with Gasteiger partial charge < -0.3 is 5.32 Å². The normalized spacial score (nSPS) is 12.2. The number of fused-ring (bicyclic) bond motifs is 2. The molecular weight excluding hydrogens is 450 g/mol. The minimum Gasteiger partial charge on any atom is -0.344 e. The van der Waals surface area contributed by atoms with E-state index in [1.165, 1.54) is 0 Å². The van der Waals surface area contributed by atoms with Crippen molar-refractivity contribution in [2.24, 2.45) is 0 Å². The van der Waals surface area contributed by atoms with Gasteiger partial charge in [0.2, 0.25) is 0 Å². The van der Waals surface area contributed by atoms with Crippen molar-refractivity contribution in [3.05, 3.63) is 105 Å². The predicted molar refractivity (Wildman–Crippen MR) is 133 cm³/mol. The number of para-hydroxylation sites is 1. The third-order valence-electron chi connectivity index (χ3n) is 5.94. The van der Waals surface area contributed by atoms with Crippen molar-refractivity contribution < 1.29 is 4.79 Å². The molecule has 0 aliphatic carbocycles. The molecule has 2 aromatic carbocycles. The Morgan fingerprint density at radius 2 is 1.82 bits per heavy atom. The highest BCUT2D eigenvalue weighted by Crippen LogP contribution is 2.26. The largest absolute Gasteiger partial charge is 0.344 e. The van der Waals surface area contributed by atoms with E-state index in [1.54, 1.807) is 34.3 Å². The van der Waals surface area contributed by atoms with Crippen LogP contribution in [0, 0.1) is 13.8 Å². The number of halogens is 1. The summed E-state index contributed by atoms with van der Waals surface area (Å²) in [5, 5.41) is 9.05. The van der Waals surface area contributed by atoms with Crippen LogP contribution in [0.25, 0.3) is 22.1 Å². The lowest BCUT2D eigenvalue weighted by atomic mass is 10.1. The molecule has 5 aromatic rings. The molecule has 1 N–H and O–H groups in total. The van der Waals surface area contributed by atoms with E-state index in [0.717, 1.165) is 5.69 Å². The van der Waals surface area contributed by atoms with Crippen molar-refractivity contribution in [3.8, 4) is 5.69 Å². The van der Waals surface area contributed by atoms with Crippen molar-refractivity contribution in [2.45, 2.75) is 26.8 Å². The number of benzene rings is 2. The zero-order chi connectivity index (χ0) is 24.0. The third kappa shape index (κ3) is 3.54. The first-order valence-corrected chi connectivity index (χ1v) is 11.3. The molecule has 1 amide bonds. The fourth-order valence-electron chi connectivity index (χ4n) is 4.28. The highest BCUT2D eigenvalue weighted by Gasteiger charge is 2.23. The Morgan fingerprint density at radius 1 is 1.06 bits per heavy atom. The summed E-state index contributed by atoms with van der Waals surface area (Å²) in [6.07, 6.45) is 1.66. The van der Waals surface area contributed by atoms with Crippen LogP contribution in [-0.2, 0) is 0 Å². The maximum atomic E-state index is 13.6. The summed E-state index contributed by atoms with van der Waals surface area (Å²) in [5.41, 5.74) is 3.45. The highest BCUT2D eigenvalue weighted by atomic mass is 35.5. The van der Waals surface area contributed by atoms with Gasteiger partial charge in [0, 0.05) is 23.3 Å². The summed E-state index contributed by atoms with van der Waals surface area (Å²) in [6, 6.07) is 17.9. The molecule has 7 nitrogen and oxygen atoms in total. The lowest BCUT2D eigenvalue weighted by Gasteiger charge is -2.21. The summed E-state index contributed by atoms with van der Waals surface area (Å²) < 4.78 is 3.26. The SMILES string of the molecule is Cc1nn2c(C)ccnc2c1C(=O)N[C@@H](C)c1cc2cccc(Cl)c2c(=O)n1-c1ccccc1. The van der Waals surface area contributed by atoms with Crippen molar-refractivity contribution in [1.82, 2.24) is 24.5 Å². The molecule has 0 radical (unpaired) electrons. The Labute approximate surface area is 200 Å². The quantitative estimate of drug-likeness (QED) is 0.408. The zero-order valence-electron chi connectivity index (χ0n) is 18.9. The van der Waals surface area contributed by atoms with E-state index in [-0.39, 0.29) is 11.5 Å². The van der Waals surface area contributed by atoms with Gasteiger partial charge in [0.25, 0.3) is 11.5 Å². The number of amides is 1. The van der Waals surface area contributed by atoms with Gasteiger partial charge in [-0.05, 0) is 56.5 Å². The highest BCUT2D eigenvalue weighted by molar-refractivity contribution is 6.35. The molecule has 3 aromatic heterocycles. The third-order valence-corrected chi connectivity index (χ3v) is 6.25. The predicted octanol–water partition coefficient (Wildman–Crippen LogP) is 4.79. The number of hydrogen-bond donors (Lipinski definition) is 1. The van der Waals surface area contributed by atoms with Crippen LogP contribution >= 0.6 is 11.6 Å². The van der Waals surface area contributed by atoms with Gasteiger partial charge in [0.1, 0.15) is 5.56 Å². The van der Waals surface area contributed by atoms with Crippen LogP contribution in [0.3, 0.4) is 0 Å². The fourth-order valence-corrected chi connectivity index (χ4v) is 4.54. The number of carbonyl (C=O) groups is 1. The molecule has 1 atom stereocenters. The molecule has 34 heavy (non-hydrogen) atoms. The lowest BCUT2D eigenvalue weighted by Crippen LogP contribution is -2.32. The second kappa shape index (κ2) is 8.43. The molecule has 0 saturated carbocycles. The molecule has 3 heterocycles. The molecule has 0 spiro atoms. The first-order chi connectivity index (χ1) is 16.4. The Balaban J connectivity index is 1.64. The van der Waals surface area contributed by atoms with E-state index in [4.69, 9.17) is 11.6 Å². The van der Waals surface area contributed by atoms with E-state index in [1.807, 2.05) is 62.4 Å². The van der Waals surface area contributed by atoms with Crippen LogP contribution in [0.1, 0.15) is 40.4 Å². The molecule has 8 heteroatoms. The number of hydrogen-bond acceptors (Lipinski definition) is 4. The summed E-state index contributed by atoms with van der Waals surface area (Å²) >= 11 is 6.39. The Bertz CT molecular complexity index is 1620.